The molecule has 1 N–H and O–H groups in total. The number of rotatable bonds is 8. The van der Waals surface area contributed by atoms with Crippen molar-refractivity contribution in [2.24, 2.45) is 5.92 Å². The van der Waals surface area contributed by atoms with Crippen LogP contribution in [-0.2, 0) is 33.8 Å². The van der Waals surface area contributed by atoms with Crippen molar-refractivity contribution in [2.75, 3.05) is 49.9 Å². The minimum Gasteiger partial charge on any atom is -0.482 e. The van der Waals surface area contributed by atoms with Crippen LogP contribution in [0.15, 0.2) is 30.5 Å². The highest BCUT2D eigenvalue weighted by Crippen LogP contribution is 2.43. The van der Waals surface area contributed by atoms with Crippen LogP contribution < -0.4 is 20.1 Å². The molecule has 0 aliphatic carbocycles. The Morgan fingerprint density at radius 3 is 2.77 bits per heavy atom. The molecule has 2 aromatic heterocycles. The van der Waals surface area contributed by atoms with Crippen molar-refractivity contribution in [1.82, 2.24) is 20.3 Å². The molecule has 2 atom stereocenters. The van der Waals surface area contributed by atoms with Gasteiger partial charge < -0.3 is 14.2 Å². The van der Waals surface area contributed by atoms with Crippen LogP contribution in [0.4, 0.5) is 15.9 Å². The molecule has 3 aromatic rings. The van der Waals surface area contributed by atoms with Crippen molar-refractivity contribution < 1.29 is 23.4 Å². The van der Waals surface area contributed by atoms with Crippen molar-refractivity contribution in [3.63, 3.8) is 0 Å². The second kappa shape index (κ2) is 12.9. The van der Waals surface area contributed by atoms with Crippen LogP contribution in [0.2, 0.25) is 5.02 Å². The van der Waals surface area contributed by atoms with E-state index in [1.54, 1.807) is 13.2 Å². The number of amides is 1. The molecule has 1 amide bonds. The minimum absolute atomic E-state index is 0.0316. The van der Waals surface area contributed by atoms with E-state index in [0.29, 0.717) is 30.0 Å². The number of aromatic nitrogens is 2. The van der Waals surface area contributed by atoms with Crippen LogP contribution >= 0.6 is 11.6 Å². The number of hydrogen-bond donors (Lipinski definition) is 1. The largest absolute Gasteiger partial charge is 0.482 e. The third-order valence-electron chi connectivity index (χ3n) is 9.85. The van der Waals surface area contributed by atoms with Crippen molar-refractivity contribution in [2.45, 2.75) is 64.4 Å². The predicted octanol–water partition coefficient (Wildman–Crippen LogP) is 4.63. The highest BCUT2D eigenvalue weighted by atomic mass is 35.5. The van der Waals surface area contributed by atoms with Gasteiger partial charge in [-0.15, -0.1) is 0 Å². The van der Waals surface area contributed by atoms with Crippen molar-refractivity contribution in [3.8, 4) is 22.9 Å². The molecule has 4 aliphatic rings. The molecule has 11 nitrogen and oxygen atoms in total. The Labute approximate surface area is 284 Å². The van der Waals surface area contributed by atoms with E-state index in [1.165, 1.54) is 17.2 Å². The molecule has 7 rings (SSSR count). The Morgan fingerprint density at radius 1 is 1.27 bits per heavy atom. The number of carbonyl (C=O) groups is 1. The van der Waals surface area contributed by atoms with Gasteiger partial charge in [-0.2, -0.15) is 5.26 Å². The summed E-state index contributed by atoms with van der Waals surface area (Å²) in [6.45, 7) is 9.82. The SMILES string of the molecule is COC1CN(C2(C)COC2)CCC1N1NCc2c1nc(CC(C)C)c(C#N)c2-c1ccc2c(c1)OCC(=O)N2Cc1ncc(Cl)cc1F. The van der Waals surface area contributed by atoms with Crippen molar-refractivity contribution in [1.29, 1.82) is 5.26 Å². The Kier molecular flexibility index (Phi) is 8.76. The normalized spacial score (nSPS) is 21.8. The van der Waals surface area contributed by atoms with E-state index in [1.807, 2.05) is 12.1 Å². The number of hydrazine groups is 1. The Bertz CT molecular complexity index is 1800. The van der Waals surface area contributed by atoms with E-state index in [9.17, 15) is 14.4 Å². The fraction of sp³-hybridized carbons (Fsp3) is 0.486. The lowest BCUT2D eigenvalue weighted by molar-refractivity contribution is -0.151. The summed E-state index contributed by atoms with van der Waals surface area (Å²) in [5.74, 6) is 0.633. The molecule has 2 unspecified atom stereocenters. The standard InChI is InChI=1S/C35H39ClFN7O4/c1-20(2)9-26-23(12-38)33(21-5-6-28-30(10-21)48-17-32(45)43(28)15-27-25(37)11-22(36)13-39-27)24-14-40-44(34(24)41-26)29-7-8-42(16-31(29)46-4)35(3)18-47-19-35/h5-6,10-11,13,20,29,31,40H,7-9,14-19H2,1-4H3. The molecule has 2 fully saturated rings. The van der Waals surface area contributed by atoms with Crippen LogP contribution in [0.5, 0.6) is 5.75 Å². The van der Waals surface area contributed by atoms with Crippen LogP contribution in [-0.4, -0.2) is 78.5 Å². The lowest BCUT2D eigenvalue weighted by Crippen LogP contribution is -2.67. The number of nitriles is 1. The molecule has 0 bridgehead atoms. The highest BCUT2D eigenvalue weighted by molar-refractivity contribution is 6.30. The molecule has 48 heavy (non-hydrogen) atoms. The maximum absolute atomic E-state index is 14.7. The molecule has 0 saturated carbocycles. The number of ether oxygens (including phenoxy) is 3. The molecule has 6 heterocycles. The van der Waals surface area contributed by atoms with Gasteiger partial charge in [0.1, 0.15) is 23.5 Å². The summed E-state index contributed by atoms with van der Waals surface area (Å²) in [5.41, 5.74) is 7.98. The summed E-state index contributed by atoms with van der Waals surface area (Å²) in [6.07, 6.45) is 2.79. The minimum atomic E-state index is -0.589. The van der Waals surface area contributed by atoms with Crippen LogP contribution in [0.3, 0.4) is 0 Å². The summed E-state index contributed by atoms with van der Waals surface area (Å²) in [7, 11) is 1.76. The summed E-state index contributed by atoms with van der Waals surface area (Å²) >= 11 is 5.90. The van der Waals surface area contributed by atoms with E-state index in [0.717, 1.165) is 60.9 Å². The van der Waals surface area contributed by atoms with E-state index in [2.05, 4.69) is 47.2 Å². The van der Waals surface area contributed by atoms with Gasteiger partial charge in [-0.1, -0.05) is 31.5 Å². The lowest BCUT2D eigenvalue weighted by Gasteiger charge is -2.52. The number of anilines is 2. The van der Waals surface area contributed by atoms with Gasteiger partial charge in [0.05, 0.1) is 65.1 Å². The maximum atomic E-state index is 14.7. The molecule has 252 valence electrons. The van der Waals surface area contributed by atoms with Gasteiger partial charge in [0, 0.05) is 44.1 Å². The zero-order valence-electron chi connectivity index (χ0n) is 27.6. The first-order valence-corrected chi connectivity index (χ1v) is 16.7. The number of likely N-dealkylation sites (tertiary alicyclic amines) is 1. The third kappa shape index (κ3) is 5.77. The number of pyridine rings is 2. The van der Waals surface area contributed by atoms with E-state index in [-0.39, 0.29) is 53.4 Å². The van der Waals surface area contributed by atoms with Gasteiger partial charge in [0.15, 0.2) is 6.61 Å². The number of piperidine rings is 1. The number of halogens is 2. The first kappa shape index (κ1) is 32.7. The molecule has 0 radical (unpaired) electrons. The maximum Gasteiger partial charge on any atom is 0.265 e. The van der Waals surface area contributed by atoms with Gasteiger partial charge in [-0.25, -0.2) is 14.8 Å². The fourth-order valence-electron chi connectivity index (χ4n) is 7.26. The number of nitrogens with zero attached hydrogens (tertiary/aromatic N) is 6. The van der Waals surface area contributed by atoms with Crippen LogP contribution in [0.25, 0.3) is 11.1 Å². The number of carbonyl (C=O) groups excluding carboxylic acids is 1. The Morgan fingerprint density at radius 2 is 2.08 bits per heavy atom. The second-order valence-corrected chi connectivity index (χ2v) is 14.1. The Hall–Kier alpha value is -3.86. The predicted molar refractivity (Wildman–Crippen MR) is 178 cm³/mol. The number of nitrogens with one attached hydrogen (secondary N) is 1. The molecule has 4 aliphatic heterocycles. The quantitative estimate of drug-likeness (QED) is 0.362. The summed E-state index contributed by atoms with van der Waals surface area (Å²) in [5, 5.41) is 12.9. The molecular weight excluding hydrogens is 637 g/mol. The second-order valence-electron chi connectivity index (χ2n) is 13.6. The summed E-state index contributed by atoms with van der Waals surface area (Å²) in [6, 6.07) is 9.21. The monoisotopic (exact) mass is 675 g/mol. The summed E-state index contributed by atoms with van der Waals surface area (Å²) in [4.78, 5) is 26.2. The molecule has 0 spiro atoms. The van der Waals surface area contributed by atoms with E-state index in [4.69, 9.17) is 30.8 Å². The Balaban J connectivity index is 1.26. The number of methoxy groups -OCH3 is 1. The lowest BCUT2D eigenvalue weighted by atomic mass is 9.90. The van der Waals surface area contributed by atoms with Gasteiger partial charge in [0.25, 0.3) is 5.91 Å². The van der Waals surface area contributed by atoms with Gasteiger partial charge in [-0.3, -0.25) is 24.6 Å². The zero-order chi connectivity index (χ0) is 33.7. The molecular formula is C35H39ClFN7O4. The van der Waals surface area contributed by atoms with Gasteiger partial charge in [0.2, 0.25) is 0 Å². The van der Waals surface area contributed by atoms with E-state index < -0.39 is 5.82 Å². The molecule has 1 aromatic carbocycles. The topological polar surface area (TPSA) is 116 Å². The van der Waals surface area contributed by atoms with Crippen molar-refractivity contribution >= 4 is 29.0 Å². The van der Waals surface area contributed by atoms with Crippen molar-refractivity contribution in [3.05, 3.63) is 63.8 Å². The number of benzene rings is 1. The number of hydrogen-bond acceptors (Lipinski definition) is 10. The first-order valence-electron chi connectivity index (χ1n) is 16.3. The summed E-state index contributed by atoms with van der Waals surface area (Å²) < 4.78 is 32.2. The van der Waals surface area contributed by atoms with Gasteiger partial charge in [-0.05, 0) is 49.4 Å². The number of fused-ring (bicyclic) bond motifs is 2. The zero-order valence-corrected chi connectivity index (χ0v) is 28.3. The molecule has 2 saturated heterocycles. The van der Waals surface area contributed by atoms with Crippen LogP contribution in [0, 0.1) is 23.1 Å². The highest BCUT2D eigenvalue weighted by Gasteiger charge is 2.46. The average Bonchev–Trinajstić information content (AvgIpc) is 3.47. The first-order chi connectivity index (χ1) is 23.1. The van der Waals surface area contributed by atoms with E-state index >= 15 is 0 Å². The van der Waals surface area contributed by atoms with Gasteiger partial charge >= 0.3 is 0 Å². The molecule has 13 heteroatoms. The average molecular weight is 676 g/mol. The fourth-order valence-corrected chi connectivity index (χ4v) is 7.40. The third-order valence-corrected chi connectivity index (χ3v) is 10.1. The van der Waals surface area contributed by atoms with Crippen LogP contribution in [0.1, 0.15) is 49.7 Å². The smallest absolute Gasteiger partial charge is 0.265 e.